The molecule has 2 aliphatic rings. The summed E-state index contributed by atoms with van der Waals surface area (Å²) in [7, 11) is -3.18. The van der Waals surface area contributed by atoms with E-state index >= 15 is 0 Å². The predicted molar refractivity (Wildman–Crippen MR) is 146 cm³/mol. The van der Waals surface area contributed by atoms with E-state index in [1.807, 2.05) is 29.8 Å². The number of rotatable bonds is 8. The van der Waals surface area contributed by atoms with Crippen LogP contribution in [-0.2, 0) is 18.6 Å². The molecule has 0 spiro atoms. The lowest BCUT2D eigenvalue weighted by atomic mass is 10.1. The summed E-state index contributed by atoms with van der Waals surface area (Å²) >= 11 is 0. The van der Waals surface area contributed by atoms with Crippen LogP contribution in [0.2, 0.25) is 0 Å². The zero-order valence-corrected chi connectivity index (χ0v) is 23.2. The smallest absolute Gasteiger partial charge is 0.233 e. The summed E-state index contributed by atoms with van der Waals surface area (Å²) < 4.78 is 34.3. The number of aromatic nitrogens is 4. The SMILES string of the molecule is CCOP(=O)(CC(C)C)c1cc(N2CCOCC2C)nc2c(-c3ccnn3C3CCCCO3)nccc12. The number of pyridine rings is 2. The van der Waals surface area contributed by atoms with Gasteiger partial charge in [-0.25, -0.2) is 9.67 Å². The molecule has 3 atom stereocenters. The molecule has 0 bridgehead atoms. The molecule has 0 amide bonds. The van der Waals surface area contributed by atoms with Gasteiger partial charge in [-0.2, -0.15) is 5.10 Å². The number of morpholine rings is 1. The molecule has 0 radical (unpaired) electrons. The Balaban J connectivity index is 1.73. The Morgan fingerprint density at radius 3 is 2.81 bits per heavy atom. The van der Waals surface area contributed by atoms with E-state index in [0.29, 0.717) is 49.0 Å². The Kier molecular flexibility index (Phi) is 7.96. The lowest BCUT2D eigenvalue weighted by Gasteiger charge is -2.35. The van der Waals surface area contributed by atoms with E-state index < -0.39 is 7.37 Å². The van der Waals surface area contributed by atoms with Gasteiger partial charge in [-0.05, 0) is 57.2 Å². The molecule has 5 rings (SSSR count). The summed E-state index contributed by atoms with van der Waals surface area (Å²) in [5, 5.41) is 6.13. The fourth-order valence-corrected chi connectivity index (χ4v) is 8.04. The highest BCUT2D eigenvalue weighted by atomic mass is 31.2. The Morgan fingerprint density at radius 1 is 1.22 bits per heavy atom. The van der Waals surface area contributed by atoms with Crippen molar-refractivity contribution in [1.82, 2.24) is 19.7 Å². The van der Waals surface area contributed by atoms with Crippen LogP contribution >= 0.6 is 7.37 Å². The zero-order chi connectivity index (χ0) is 26.0. The second-order valence-corrected chi connectivity index (χ2v) is 12.8. The molecule has 0 aliphatic carbocycles. The van der Waals surface area contributed by atoms with Gasteiger partial charge < -0.3 is 18.9 Å². The molecular formula is C27H38N5O4P. The number of ether oxygens (including phenoxy) is 2. The number of anilines is 1. The summed E-state index contributed by atoms with van der Waals surface area (Å²) in [5.74, 6) is 0.980. The summed E-state index contributed by atoms with van der Waals surface area (Å²) in [4.78, 5) is 12.2. The van der Waals surface area contributed by atoms with E-state index in [2.05, 4.69) is 30.8 Å². The molecule has 5 heterocycles. The van der Waals surface area contributed by atoms with E-state index in [0.717, 1.165) is 42.8 Å². The Labute approximate surface area is 219 Å². The average Bonchev–Trinajstić information content (AvgIpc) is 3.38. The normalized spacial score (nSPS) is 22.5. The maximum Gasteiger partial charge on any atom is 0.233 e. The fraction of sp³-hybridized carbons (Fsp3) is 0.593. The molecule has 3 unspecified atom stereocenters. The molecule has 3 aromatic rings. The van der Waals surface area contributed by atoms with Gasteiger partial charge in [0.25, 0.3) is 0 Å². The minimum Gasteiger partial charge on any atom is -0.377 e. The van der Waals surface area contributed by atoms with Crippen molar-refractivity contribution < 1.29 is 18.6 Å². The van der Waals surface area contributed by atoms with E-state index in [1.165, 1.54) is 0 Å². The molecule has 0 saturated carbocycles. The number of fused-ring (bicyclic) bond motifs is 1. The van der Waals surface area contributed by atoms with Gasteiger partial charge in [-0.3, -0.25) is 9.55 Å². The summed E-state index contributed by atoms with van der Waals surface area (Å²) in [6.45, 7) is 11.2. The van der Waals surface area contributed by atoms with Crippen LogP contribution < -0.4 is 10.2 Å². The van der Waals surface area contributed by atoms with Crippen LogP contribution in [0.4, 0.5) is 5.82 Å². The third kappa shape index (κ3) is 5.32. The standard InChI is InChI=1S/C27H38N5O4P/c1-5-36-37(33,18-19(2)3)23-16-24(31-13-15-34-17-20(31)4)30-26-21(23)9-11-28-27(26)22-10-12-29-32(22)25-8-6-7-14-35-25/h9-12,16,19-20,25H,5-8,13-15,17-18H2,1-4H3. The van der Waals surface area contributed by atoms with Crippen molar-refractivity contribution in [3.63, 3.8) is 0 Å². The van der Waals surface area contributed by atoms with Gasteiger partial charge in [-0.1, -0.05) is 13.8 Å². The third-order valence-electron chi connectivity index (χ3n) is 7.01. The van der Waals surface area contributed by atoms with E-state index in [9.17, 15) is 4.57 Å². The van der Waals surface area contributed by atoms with Crippen molar-refractivity contribution >= 4 is 29.4 Å². The quantitative estimate of drug-likeness (QED) is 0.378. The molecule has 2 aliphatic heterocycles. The number of hydrogen-bond donors (Lipinski definition) is 0. The number of hydrogen-bond acceptors (Lipinski definition) is 8. The monoisotopic (exact) mass is 527 g/mol. The number of nitrogens with zero attached hydrogens (tertiary/aromatic N) is 5. The molecule has 37 heavy (non-hydrogen) atoms. The van der Waals surface area contributed by atoms with Crippen LogP contribution in [0, 0.1) is 5.92 Å². The molecule has 10 heteroatoms. The molecule has 0 aromatic carbocycles. The Hall–Kier alpha value is -2.32. The first-order valence-corrected chi connectivity index (χ1v) is 15.3. The summed E-state index contributed by atoms with van der Waals surface area (Å²) in [6, 6.07) is 6.00. The lowest BCUT2D eigenvalue weighted by molar-refractivity contribution is -0.0383. The molecule has 9 nitrogen and oxygen atoms in total. The molecule has 2 fully saturated rings. The first-order valence-electron chi connectivity index (χ1n) is 13.4. The molecule has 0 N–H and O–H groups in total. The second kappa shape index (κ2) is 11.2. The highest BCUT2D eigenvalue weighted by molar-refractivity contribution is 7.67. The largest absolute Gasteiger partial charge is 0.377 e. The zero-order valence-electron chi connectivity index (χ0n) is 22.3. The van der Waals surface area contributed by atoms with Gasteiger partial charge in [-0.15, -0.1) is 0 Å². The van der Waals surface area contributed by atoms with Gasteiger partial charge in [0.15, 0.2) is 6.23 Å². The summed E-state index contributed by atoms with van der Waals surface area (Å²) in [6.07, 6.45) is 6.95. The minimum absolute atomic E-state index is 0.131. The van der Waals surface area contributed by atoms with Gasteiger partial charge >= 0.3 is 0 Å². The van der Waals surface area contributed by atoms with Gasteiger partial charge in [0.1, 0.15) is 17.0 Å². The van der Waals surface area contributed by atoms with E-state index in [-0.39, 0.29) is 18.2 Å². The third-order valence-corrected chi connectivity index (χ3v) is 10.00. The Morgan fingerprint density at radius 2 is 2.08 bits per heavy atom. The van der Waals surface area contributed by atoms with Crippen molar-refractivity contribution in [3.05, 3.63) is 30.6 Å². The van der Waals surface area contributed by atoms with Crippen LogP contribution in [0.15, 0.2) is 30.6 Å². The van der Waals surface area contributed by atoms with Gasteiger partial charge in [0, 0.05) is 37.1 Å². The topological polar surface area (TPSA) is 91.6 Å². The highest BCUT2D eigenvalue weighted by Gasteiger charge is 2.33. The van der Waals surface area contributed by atoms with Crippen LogP contribution in [0.3, 0.4) is 0 Å². The first-order chi connectivity index (χ1) is 17.9. The highest BCUT2D eigenvalue weighted by Crippen LogP contribution is 2.50. The van der Waals surface area contributed by atoms with Crippen molar-refractivity contribution in [2.75, 3.05) is 44.0 Å². The molecule has 2 saturated heterocycles. The van der Waals surface area contributed by atoms with Crippen molar-refractivity contribution in [2.45, 2.75) is 59.2 Å². The van der Waals surface area contributed by atoms with Gasteiger partial charge in [0.2, 0.25) is 7.37 Å². The van der Waals surface area contributed by atoms with Crippen LogP contribution in [0.1, 0.15) is 53.2 Å². The average molecular weight is 528 g/mol. The molecule has 200 valence electrons. The predicted octanol–water partition coefficient (Wildman–Crippen LogP) is 5.01. The Bertz CT molecular complexity index is 1270. The second-order valence-electron chi connectivity index (χ2n) is 10.3. The van der Waals surface area contributed by atoms with E-state index in [4.69, 9.17) is 24.0 Å². The fourth-order valence-electron chi connectivity index (χ4n) is 5.36. The maximum absolute atomic E-state index is 14.5. The summed E-state index contributed by atoms with van der Waals surface area (Å²) in [5.41, 5.74) is 2.26. The van der Waals surface area contributed by atoms with Crippen LogP contribution in [0.25, 0.3) is 22.3 Å². The minimum atomic E-state index is -3.18. The van der Waals surface area contributed by atoms with Crippen molar-refractivity contribution in [2.24, 2.45) is 5.92 Å². The van der Waals surface area contributed by atoms with E-state index in [1.54, 1.807) is 12.4 Å². The van der Waals surface area contributed by atoms with Crippen LogP contribution in [0.5, 0.6) is 0 Å². The lowest BCUT2D eigenvalue weighted by Crippen LogP contribution is -2.44. The van der Waals surface area contributed by atoms with Gasteiger partial charge in [0.05, 0.1) is 36.9 Å². The molecule has 3 aromatic heterocycles. The van der Waals surface area contributed by atoms with Crippen LogP contribution in [-0.4, -0.2) is 64.9 Å². The molecular weight excluding hydrogens is 489 g/mol. The van der Waals surface area contributed by atoms with Crippen molar-refractivity contribution in [1.29, 1.82) is 0 Å². The maximum atomic E-state index is 14.5. The first kappa shape index (κ1) is 26.3. The van der Waals surface area contributed by atoms with Crippen molar-refractivity contribution in [3.8, 4) is 11.4 Å².